The van der Waals surface area contributed by atoms with E-state index in [9.17, 15) is 4.79 Å². The summed E-state index contributed by atoms with van der Waals surface area (Å²) in [6.45, 7) is 10.3. The molecule has 0 heterocycles. The summed E-state index contributed by atoms with van der Waals surface area (Å²) < 4.78 is 14.4. The Bertz CT molecular complexity index is 198. The summed E-state index contributed by atoms with van der Waals surface area (Å²) in [4.78, 5) is 11.0. The van der Waals surface area contributed by atoms with Crippen LogP contribution in [-0.4, -0.2) is 18.9 Å². The van der Waals surface area contributed by atoms with Crippen molar-refractivity contribution in [1.29, 1.82) is 0 Å². The Morgan fingerprint density at radius 1 is 1.62 bits per heavy atom. The minimum Gasteiger partial charge on any atom is -0.463 e. The van der Waals surface area contributed by atoms with Crippen LogP contribution < -0.4 is 0 Å². The van der Waals surface area contributed by atoms with Gasteiger partial charge in [-0.3, -0.25) is 0 Å². The lowest BCUT2D eigenvalue weighted by atomic mass is 10.5. The summed E-state index contributed by atoms with van der Waals surface area (Å²) in [5.74, 6) is -0.654. The molecule has 0 aliphatic rings. The summed E-state index contributed by atoms with van der Waals surface area (Å²) in [7, 11) is 0. The van der Waals surface area contributed by atoms with E-state index in [0.29, 0.717) is 0 Å². The van der Waals surface area contributed by atoms with Crippen LogP contribution in [0.4, 0.5) is 0 Å². The fourth-order valence-corrected chi connectivity index (χ4v) is 0.623. The van der Waals surface area contributed by atoms with Crippen LogP contribution >= 0.6 is 0 Å². The normalized spacial score (nSPS) is 11.2. The number of rotatable bonds is 6. The third-order valence-corrected chi connectivity index (χ3v) is 1.10. The van der Waals surface area contributed by atoms with Crippen LogP contribution in [0.2, 0.25) is 0 Å². The second-order valence-corrected chi connectivity index (χ2v) is 2.13. The van der Waals surface area contributed by atoms with E-state index in [1.54, 1.807) is 13.8 Å². The molecule has 74 valence electrons. The summed E-state index contributed by atoms with van der Waals surface area (Å²) in [6, 6.07) is 0. The van der Waals surface area contributed by atoms with E-state index >= 15 is 0 Å². The van der Waals surface area contributed by atoms with Crippen LogP contribution in [0.15, 0.2) is 25.2 Å². The van der Waals surface area contributed by atoms with Gasteiger partial charge in [0.1, 0.15) is 0 Å². The van der Waals surface area contributed by atoms with E-state index in [1.807, 2.05) is 0 Å². The molecule has 0 aliphatic carbocycles. The quantitative estimate of drug-likeness (QED) is 0.273. The molecule has 0 bridgehead atoms. The van der Waals surface area contributed by atoms with Crippen molar-refractivity contribution in [3.05, 3.63) is 25.2 Å². The smallest absolute Gasteiger partial charge is 0.373 e. The summed E-state index contributed by atoms with van der Waals surface area (Å²) in [5.41, 5.74) is 0. The number of hydrogen-bond acceptors (Lipinski definition) is 4. The van der Waals surface area contributed by atoms with E-state index < -0.39 is 12.3 Å². The summed E-state index contributed by atoms with van der Waals surface area (Å²) in [6.07, 6.45) is 0.637. The Hall–Kier alpha value is -1.45. The molecule has 0 saturated heterocycles. The van der Waals surface area contributed by atoms with Gasteiger partial charge in [0.25, 0.3) is 0 Å². The SMILES string of the molecule is C=COC(C)OC(=C)C(=O)OCC. The molecule has 0 saturated carbocycles. The zero-order valence-corrected chi connectivity index (χ0v) is 7.91. The predicted octanol–water partition coefficient (Wildman–Crippen LogP) is 1.59. The van der Waals surface area contributed by atoms with Gasteiger partial charge < -0.3 is 14.2 Å². The molecule has 0 aromatic rings. The molecule has 0 aromatic carbocycles. The van der Waals surface area contributed by atoms with Gasteiger partial charge in [-0.2, -0.15) is 0 Å². The van der Waals surface area contributed by atoms with Gasteiger partial charge in [0.2, 0.25) is 12.0 Å². The lowest BCUT2D eigenvalue weighted by Gasteiger charge is -2.14. The molecule has 4 heteroatoms. The molecule has 0 N–H and O–H groups in total. The molecular formula is C9H14O4. The maximum absolute atomic E-state index is 11.0. The third-order valence-electron chi connectivity index (χ3n) is 1.10. The Morgan fingerprint density at radius 3 is 2.69 bits per heavy atom. The predicted molar refractivity (Wildman–Crippen MR) is 47.6 cm³/mol. The van der Waals surface area contributed by atoms with Crippen molar-refractivity contribution in [2.75, 3.05) is 6.61 Å². The zero-order valence-electron chi connectivity index (χ0n) is 7.91. The Balaban J connectivity index is 3.84. The van der Waals surface area contributed by atoms with Crippen molar-refractivity contribution < 1.29 is 19.0 Å². The molecule has 0 aliphatic heterocycles. The molecule has 0 fully saturated rings. The highest BCUT2D eigenvalue weighted by molar-refractivity contribution is 5.85. The van der Waals surface area contributed by atoms with Gasteiger partial charge in [-0.15, -0.1) is 0 Å². The number of hydrogen-bond donors (Lipinski definition) is 0. The molecule has 0 spiro atoms. The van der Waals surface area contributed by atoms with E-state index in [0.717, 1.165) is 0 Å². The average Bonchev–Trinajstić information content (AvgIpc) is 2.05. The van der Waals surface area contributed by atoms with Crippen LogP contribution in [0.5, 0.6) is 0 Å². The summed E-state index contributed by atoms with van der Waals surface area (Å²) >= 11 is 0. The number of ether oxygens (including phenoxy) is 3. The highest BCUT2D eigenvalue weighted by Crippen LogP contribution is 2.03. The maximum Gasteiger partial charge on any atom is 0.373 e. The number of carbonyl (C=O) groups is 1. The first kappa shape index (κ1) is 11.6. The van der Waals surface area contributed by atoms with Crippen LogP contribution in [0.3, 0.4) is 0 Å². The van der Waals surface area contributed by atoms with Crippen LogP contribution in [0.25, 0.3) is 0 Å². The largest absolute Gasteiger partial charge is 0.463 e. The van der Waals surface area contributed by atoms with Crippen molar-refractivity contribution in [1.82, 2.24) is 0 Å². The minimum atomic E-state index is -0.589. The Morgan fingerprint density at radius 2 is 2.23 bits per heavy atom. The fourth-order valence-electron chi connectivity index (χ4n) is 0.623. The number of carbonyl (C=O) groups excluding carboxylic acids is 1. The molecule has 0 amide bonds. The second-order valence-electron chi connectivity index (χ2n) is 2.13. The van der Waals surface area contributed by atoms with Crippen molar-refractivity contribution >= 4 is 5.97 Å². The molecule has 4 nitrogen and oxygen atoms in total. The van der Waals surface area contributed by atoms with Crippen LogP contribution in [0, 0.1) is 0 Å². The van der Waals surface area contributed by atoms with Gasteiger partial charge in [-0.05, 0) is 13.5 Å². The van der Waals surface area contributed by atoms with E-state index in [1.165, 1.54) is 6.26 Å². The highest BCUT2D eigenvalue weighted by atomic mass is 16.7. The van der Waals surface area contributed by atoms with Gasteiger partial charge in [-0.25, -0.2) is 4.79 Å². The first-order chi connectivity index (χ1) is 6.11. The Labute approximate surface area is 77.8 Å². The molecule has 0 radical (unpaired) electrons. The van der Waals surface area contributed by atoms with Crippen molar-refractivity contribution in [3.8, 4) is 0 Å². The Kier molecular flexibility index (Phi) is 5.43. The van der Waals surface area contributed by atoms with Crippen molar-refractivity contribution in [3.63, 3.8) is 0 Å². The molecule has 1 unspecified atom stereocenters. The van der Waals surface area contributed by atoms with Gasteiger partial charge in [0.05, 0.1) is 12.9 Å². The van der Waals surface area contributed by atoms with Crippen molar-refractivity contribution in [2.24, 2.45) is 0 Å². The standard InChI is InChI=1S/C9H14O4/c1-5-11-8(4)13-7(3)9(10)12-6-2/h5,8H,1,3,6H2,2,4H3. The number of esters is 1. The van der Waals surface area contributed by atoms with E-state index in [2.05, 4.69) is 17.9 Å². The highest BCUT2D eigenvalue weighted by Gasteiger charge is 2.12. The lowest BCUT2D eigenvalue weighted by Crippen LogP contribution is -2.16. The zero-order chi connectivity index (χ0) is 10.3. The first-order valence-corrected chi connectivity index (χ1v) is 3.90. The molecule has 0 rings (SSSR count). The van der Waals surface area contributed by atoms with E-state index in [-0.39, 0.29) is 12.4 Å². The van der Waals surface area contributed by atoms with Crippen LogP contribution in [0.1, 0.15) is 13.8 Å². The van der Waals surface area contributed by atoms with Gasteiger partial charge in [0.15, 0.2) is 0 Å². The lowest BCUT2D eigenvalue weighted by molar-refractivity contribution is -0.148. The maximum atomic E-state index is 11.0. The summed E-state index contributed by atoms with van der Waals surface area (Å²) in [5, 5.41) is 0. The topological polar surface area (TPSA) is 44.8 Å². The van der Waals surface area contributed by atoms with Crippen molar-refractivity contribution in [2.45, 2.75) is 20.1 Å². The van der Waals surface area contributed by atoms with Gasteiger partial charge in [0, 0.05) is 6.92 Å². The van der Waals surface area contributed by atoms with Crippen LogP contribution in [-0.2, 0) is 19.0 Å². The second kappa shape index (κ2) is 6.11. The minimum absolute atomic E-state index is 0.0730. The fraction of sp³-hybridized carbons (Fsp3) is 0.444. The van der Waals surface area contributed by atoms with E-state index in [4.69, 9.17) is 9.47 Å². The first-order valence-electron chi connectivity index (χ1n) is 3.90. The third kappa shape index (κ3) is 4.90. The molecule has 13 heavy (non-hydrogen) atoms. The van der Waals surface area contributed by atoms with Gasteiger partial charge >= 0.3 is 5.97 Å². The monoisotopic (exact) mass is 186 g/mol. The molecular weight excluding hydrogens is 172 g/mol. The average molecular weight is 186 g/mol. The molecule has 1 atom stereocenters. The molecule has 0 aromatic heterocycles. The van der Waals surface area contributed by atoms with Gasteiger partial charge in [-0.1, -0.05) is 6.58 Å².